The van der Waals surface area contributed by atoms with Crippen LogP contribution in [0.25, 0.3) is 0 Å². The second-order valence-electron chi connectivity index (χ2n) is 3.45. The van der Waals surface area contributed by atoms with E-state index in [4.69, 9.17) is 11.6 Å². The molecule has 0 unspecified atom stereocenters. The summed E-state index contributed by atoms with van der Waals surface area (Å²) in [6, 6.07) is 4.66. The highest BCUT2D eigenvalue weighted by atomic mass is 35.5. The average molecular weight is 254 g/mol. The van der Waals surface area contributed by atoms with Gasteiger partial charge in [0.15, 0.2) is 5.82 Å². The maximum absolute atomic E-state index is 13.5. The number of H-pyrrole nitrogens is 1. The quantitative estimate of drug-likeness (QED) is 0.865. The summed E-state index contributed by atoms with van der Waals surface area (Å²) in [5.74, 6) is -0.299. The van der Waals surface area contributed by atoms with E-state index in [1.165, 1.54) is 12.4 Å². The van der Waals surface area contributed by atoms with Gasteiger partial charge in [-0.3, -0.25) is 4.79 Å². The zero-order valence-corrected chi connectivity index (χ0v) is 9.68. The van der Waals surface area contributed by atoms with E-state index in [9.17, 15) is 9.18 Å². The van der Waals surface area contributed by atoms with Gasteiger partial charge in [-0.05, 0) is 18.6 Å². The van der Waals surface area contributed by atoms with Crippen LogP contribution in [0.3, 0.4) is 0 Å². The first-order chi connectivity index (χ1) is 8.09. The average Bonchev–Trinajstić information content (AvgIpc) is 2.29. The molecule has 0 fully saturated rings. The van der Waals surface area contributed by atoms with Gasteiger partial charge in [0.25, 0.3) is 5.56 Å². The van der Waals surface area contributed by atoms with Gasteiger partial charge >= 0.3 is 0 Å². The van der Waals surface area contributed by atoms with Crippen molar-refractivity contribution >= 4 is 23.1 Å². The van der Waals surface area contributed by atoms with Crippen LogP contribution in [0.4, 0.5) is 15.9 Å². The standard InChI is InChI=1S/C11H9ClFN3O/c1-6-3-2-4-7(13)9(6)16-10-8(12)11(17)15-5-14-10/h2-5H,1H3,(H2,14,15,16,17). The number of para-hydroxylation sites is 1. The van der Waals surface area contributed by atoms with Crippen molar-refractivity contribution in [2.24, 2.45) is 0 Å². The number of aryl methyl sites for hydroxylation is 1. The molecule has 1 aromatic carbocycles. The molecule has 1 heterocycles. The predicted molar refractivity (Wildman–Crippen MR) is 64.3 cm³/mol. The van der Waals surface area contributed by atoms with E-state index in [1.54, 1.807) is 19.1 Å². The molecule has 17 heavy (non-hydrogen) atoms. The van der Waals surface area contributed by atoms with Crippen molar-refractivity contribution in [3.05, 3.63) is 51.3 Å². The number of nitrogens with zero attached hydrogens (tertiary/aromatic N) is 1. The van der Waals surface area contributed by atoms with E-state index >= 15 is 0 Å². The molecule has 6 heteroatoms. The summed E-state index contributed by atoms with van der Waals surface area (Å²) in [5, 5.41) is 2.61. The number of hydrogen-bond donors (Lipinski definition) is 2. The molecule has 0 radical (unpaired) electrons. The third kappa shape index (κ3) is 2.29. The third-order valence-corrected chi connectivity index (χ3v) is 2.61. The fraction of sp³-hybridized carbons (Fsp3) is 0.0909. The highest BCUT2D eigenvalue weighted by molar-refractivity contribution is 6.32. The van der Waals surface area contributed by atoms with Gasteiger partial charge in [-0.1, -0.05) is 23.7 Å². The second-order valence-corrected chi connectivity index (χ2v) is 3.83. The molecule has 0 saturated carbocycles. The molecule has 0 aliphatic heterocycles. The van der Waals surface area contributed by atoms with E-state index in [0.29, 0.717) is 5.56 Å². The highest BCUT2D eigenvalue weighted by Gasteiger charge is 2.10. The molecule has 0 saturated heterocycles. The molecule has 0 aliphatic carbocycles. The predicted octanol–water partition coefficient (Wildman–Crippen LogP) is 2.61. The lowest BCUT2D eigenvalue weighted by Crippen LogP contribution is -2.10. The Morgan fingerprint density at radius 1 is 1.47 bits per heavy atom. The SMILES string of the molecule is Cc1cccc(F)c1Nc1nc[nH]c(=O)c1Cl. The molecule has 0 bridgehead atoms. The van der Waals surface area contributed by atoms with Crippen LogP contribution in [0.1, 0.15) is 5.56 Å². The normalized spacial score (nSPS) is 10.3. The number of anilines is 2. The van der Waals surface area contributed by atoms with Crippen LogP contribution in [0, 0.1) is 12.7 Å². The number of aromatic amines is 1. The summed E-state index contributed by atoms with van der Waals surface area (Å²) in [6.07, 6.45) is 1.20. The first kappa shape index (κ1) is 11.6. The van der Waals surface area contributed by atoms with Crippen LogP contribution in [-0.4, -0.2) is 9.97 Å². The van der Waals surface area contributed by atoms with Crippen molar-refractivity contribution in [3.8, 4) is 0 Å². The summed E-state index contributed by atoms with van der Waals surface area (Å²) in [6.45, 7) is 1.74. The Labute approximate surface area is 101 Å². The Kier molecular flexibility index (Phi) is 3.10. The molecule has 0 aliphatic rings. The van der Waals surface area contributed by atoms with Crippen molar-refractivity contribution in [1.29, 1.82) is 0 Å². The van der Waals surface area contributed by atoms with Gasteiger partial charge in [-0.25, -0.2) is 9.37 Å². The minimum absolute atomic E-state index is 0.102. The molecular weight excluding hydrogens is 245 g/mol. The van der Waals surface area contributed by atoms with Gasteiger partial charge in [-0.15, -0.1) is 0 Å². The molecule has 0 amide bonds. The van der Waals surface area contributed by atoms with Gasteiger partial charge < -0.3 is 10.3 Å². The maximum atomic E-state index is 13.5. The van der Waals surface area contributed by atoms with Gasteiger partial charge in [-0.2, -0.15) is 0 Å². The smallest absolute Gasteiger partial charge is 0.271 e. The fourth-order valence-electron chi connectivity index (χ4n) is 1.38. The van der Waals surface area contributed by atoms with E-state index < -0.39 is 11.4 Å². The molecule has 2 aromatic rings. The lowest BCUT2D eigenvalue weighted by Gasteiger charge is -2.10. The van der Waals surface area contributed by atoms with Gasteiger partial charge in [0.2, 0.25) is 0 Å². The molecule has 88 valence electrons. The van der Waals surface area contributed by atoms with Gasteiger partial charge in [0.1, 0.15) is 10.8 Å². The van der Waals surface area contributed by atoms with E-state index in [-0.39, 0.29) is 16.5 Å². The minimum Gasteiger partial charge on any atom is -0.336 e. The fourth-order valence-corrected chi connectivity index (χ4v) is 1.53. The lowest BCUT2D eigenvalue weighted by atomic mass is 10.2. The number of halogens is 2. The molecule has 0 atom stereocenters. The van der Waals surface area contributed by atoms with Crippen LogP contribution in [0.2, 0.25) is 5.02 Å². The lowest BCUT2D eigenvalue weighted by molar-refractivity contribution is 0.630. The van der Waals surface area contributed by atoms with Crippen LogP contribution in [-0.2, 0) is 0 Å². The van der Waals surface area contributed by atoms with Crippen molar-refractivity contribution in [2.75, 3.05) is 5.32 Å². The number of aromatic nitrogens is 2. The largest absolute Gasteiger partial charge is 0.336 e. The summed E-state index contributed by atoms with van der Waals surface area (Å²) in [4.78, 5) is 17.4. The van der Waals surface area contributed by atoms with Gasteiger partial charge in [0, 0.05) is 0 Å². The van der Waals surface area contributed by atoms with Crippen molar-refractivity contribution in [1.82, 2.24) is 9.97 Å². The third-order valence-electron chi connectivity index (χ3n) is 2.26. The highest BCUT2D eigenvalue weighted by Crippen LogP contribution is 2.24. The Balaban J connectivity index is 2.45. The van der Waals surface area contributed by atoms with E-state index in [1.807, 2.05) is 0 Å². The topological polar surface area (TPSA) is 57.8 Å². The number of benzene rings is 1. The van der Waals surface area contributed by atoms with Crippen molar-refractivity contribution in [3.63, 3.8) is 0 Å². The van der Waals surface area contributed by atoms with Crippen LogP contribution >= 0.6 is 11.6 Å². The number of hydrogen-bond acceptors (Lipinski definition) is 3. The summed E-state index contributed by atoms with van der Waals surface area (Å²) in [7, 11) is 0. The number of nitrogens with one attached hydrogen (secondary N) is 2. The Morgan fingerprint density at radius 3 is 2.94 bits per heavy atom. The summed E-state index contributed by atoms with van der Waals surface area (Å²) < 4.78 is 13.5. The first-order valence-corrected chi connectivity index (χ1v) is 5.22. The van der Waals surface area contributed by atoms with Crippen molar-refractivity contribution in [2.45, 2.75) is 6.92 Å². The first-order valence-electron chi connectivity index (χ1n) is 4.85. The zero-order valence-electron chi connectivity index (χ0n) is 8.92. The zero-order chi connectivity index (χ0) is 12.4. The van der Waals surface area contributed by atoms with Gasteiger partial charge in [0.05, 0.1) is 12.0 Å². The molecular formula is C11H9ClFN3O. The molecule has 1 aromatic heterocycles. The number of rotatable bonds is 2. The summed E-state index contributed by atoms with van der Waals surface area (Å²) in [5.41, 5.74) is 0.480. The molecule has 2 N–H and O–H groups in total. The molecule has 4 nitrogen and oxygen atoms in total. The Bertz CT molecular complexity index is 592. The molecule has 2 rings (SSSR count). The van der Waals surface area contributed by atoms with E-state index in [0.717, 1.165) is 0 Å². The second kappa shape index (κ2) is 4.55. The van der Waals surface area contributed by atoms with Crippen LogP contribution in [0.15, 0.2) is 29.3 Å². The monoisotopic (exact) mass is 253 g/mol. The minimum atomic E-state index is -0.474. The van der Waals surface area contributed by atoms with Crippen LogP contribution < -0.4 is 10.9 Å². The summed E-state index contributed by atoms with van der Waals surface area (Å²) >= 11 is 5.76. The van der Waals surface area contributed by atoms with E-state index in [2.05, 4.69) is 15.3 Å². The maximum Gasteiger partial charge on any atom is 0.271 e. The van der Waals surface area contributed by atoms with Crippen molar-refractivity contribution < 1.29 is 4.39 Å². The van der Waals surface area contributed by atoms with Crippen LogP contribution in [0.5, 0.6) is 0 Å². The Hall–Kier alpha value is -1.88. The molecule has 0 spiro atoms. The Morgan fingerprint density at radius 2 is 2.24 bits per heavy atom.